The van der Waals surface area contributed by atoms with Gasteiger partial charge in [0.05, 0.1) is 5.56 Å². The molecule has 3 rings (SSSR count). The number of alkyl halides is 3. The van der Waals surface area contributed by atoms with Crippen molar-refractivity contribution in [3.63, 3.8) is 0 Å². The number of benzene rings is 1. The van der Waals surface area contributed by atoms with Crippen LogP contribution in [0.1, 0.15) is 28.9 Å². The zero-order valence-electron chi connectivity index (χ0n) is 13.5. The van der Waals surface area contributed by atoms with Crippen LogP contribution in [0.4, 0.5) is 13.2 Å². The molecule has 0 spiro atoms. The molecule has 1 amide bonds. The van der Waals surface area contributed by atoms with Gasteiger partial charge < -0.3 is 10.6 Å². The van der Waals surface area contributed by atoms with Gasteiger partial charge in [0.1, 0.15) is 10.7 Å². The molecule has 0 bridgehead atoms. The maximum absolute atomic E-state index is 12.8. The quantitative estimate of drug-likeness (QED) is 0.773. The van der Waals surface area contributed by atoms with E-state index in [-0.39, 0.29) is 42.5 Å². The highest BCUT2D eigenvalue weighted by molar-refractivity contribution is 7.13. The first-order chi connectivity index (χ1) is 11.4. The fourth-order valence-corrected chi connectivity index (χ4v) is 3.37. The fraction of sp³-hybridized carbons (Fsp3) is 0.375. The summed E-state index contributed by atoms with van der Waals surface area (Å²) < 4.78 is 38.4. The minimum absolute atomic E-state index is 0. The van der Waals surface area contributed by atoms with Gasteiger partial charge >= 0.3 is 6.18 Å². The fourth-order valence-electron chi connectivity index (χ4n) is 2.57. The number of piperidine rings is 1. The lowest BCUT2D eigenvalue weighted by atomic mass is 10.1. The van der Waals surface area contributed by atoms with Crippen molar-refractivity contribution in [2.45, 2.75) is 25.1 Å². The SMILES string of the molecule is Cl.Cl.O=C(NC1CCCNC1)c1csc(-c2cccc(C(F)(F)F)c2)n1. The molecule has 1 aliphatic rings. The molecule has 1 fully saturated rings. The van der Waals surface area contributed by atoms with Gasteiger partial charge in [0.2, 0.25) is 0 Å². The molecule has 2 heterocycles. The minimum atomic E-state index is -4.40. The molecule has 1 aliphatic heterocycles. The van der Waals surface area contributed by atoms with Gasteiger partial charge in [0.25, 0.3) is 5.91 Å². The van der Waals surface area contributed by atoms with Crippen LogP contribution in [-0.2, 0) is 6.18 Å². The lowest BCUT2D eigenvalue weighted by molar-refractivity contribution is -0.137. The molecule has 0 aliphatic carbocycles. The molecule has 0 saturated carbocycles. The molecule has 10 heteroatoms. The van der Waals surface area contributed by atoms with E-state index in [0.29, 0.717) is 10.6 Å². The predicted molar refractivity (Wildman–Crippen MR) is 100 cm³/mol. The van der Waals surface area contributed by atoms with E-state index in [1.165, 1.54) is 6.07 Å². The van der Waals surface area contributed by atoms with Gasteiger partial charge in [0.15, 0.2) is 0 Å². The van der Waals surface area contributed by atoms with Crippen LogP contribution < -0.4 is 10.6 Å². The van der Waals surface area contributed by atoms with Crippen molar-refractivity contribution in [1.29, 1.82) is 0 Å². The highest BCUT2D eigenvalue weighted by Gasteiger charge is 2.30. The van der Waals surface area contributed by atoms with Crippen LogP contribution in [0.15, 0.2) is 29.6 Å². The van der Waals surface area contributed by atoms with Crippen LogP contribution in [0.25, 0.3) is 10.6 Å². The Hall–Kier alpha value is -1.35. The van der Waals surface area contributed by atoms with E-state index in [4.69, 9.17) is 0 Å². The number of nitrogens with one attached hydrogen (secondary N) is 2. The second-order valence-corrected chi connectivity index (χ2v) is 6.49. The molecule has 1 aromatic heterocycles. The molecular weight excluding hydrogens is 410 g/mol. The van der Waals surface area contributed by atoms with Crippen LogP contribution in [0, 0.1) is 0 Å². The summed E-state index contributed by atoms with van der Waals surface area (Å²) in [5.74, 6) is -0.293. The summed E-state index contributed by atoms with van der Waals surface area (Å²) in [5, 5.41) is 8.07. The molecule has 1 unspecified atom stereocenters. The average molecular weight is 428 g/mol. The number of nitrogens with zero attached hydrogens (tertiary/aromatic N) is 1. The molecule has 4 nitrogen and oxygen atoms in total. The third-order valence-electron chi connectivity index (χ3n) is 3.81. The van der Waals surface area contributed by atoms with Crippen LogP contribution in [0.2, 0.25) is 0 Å². The van der Waals surface area contributed by atoms with Gasteiger partial charge in [-0.1, -0.05) is 12.1 Å². The summed E-state index contributed by atoms with van der Waals surface area (Å²) >= 11 is 1.16. The van der Waals surface area contributed by atoms with Crippen molar-refractivity contribution in [2.24, 2.45) is 0 Å². The second kappa shape index (κ2) is 9.55. The van der Waals surface area contributed by atoms with E-state index < -0.39 is 11.7 Å². The smallest absolute Gasteiger partial charge is 0.347 e. The van der Waals surface area contributed by atoms with E-state index in [2.05, 4.69) is 15.6 Å². The molecule has 2 N–H and O–H groups in total. The molecule has 1 atom stereocenters. The zero-order valence-corrected chi connectivity index (χ0v) is 16.0. The summed E-state index contributed by atoms with van der Waals surface area (Å²) in [4.78, 5) is 16.4. The first-order valence-electron chi connectivity index (χ1n) is 7.58. The first kappa shape index (κ1) is 22.7. The van der Waals surface area contributed by atoms with Gasteiger partial charge in [-0.25, -0.2) is 4.98 Å². The number of rotatable bonds is 3. The lowest BCUT2D eigenvalue weighted by Gasteiger charge is -2.23. The Morgan fingerprint density at radius 3 is 2.73 bits per heavy atom. The van der Waals surface area contributed by atoms with E-state index in [9.17, 15) is 18.0 Å². The van der Waals surface area contributed by atoms with Gasteiger partial charge in [-0.2, -0.15) is 13.2 Å². The first-order valence-corrected chi connectivity index (χ1v) is 8.46. The standard InChI is InChI=1S/C16H16F3N3OS.2ClH/c17-16(18,19)11-4-1-3-10(7-11)15-22-13(9-24-15)14(23)21-12-5-2-6-20-8-12;;/h1,3-4,7,9,12,20H,2,5-6,8H2,(H,21,23);2*1H. The highest BCUT2D eigenvalue weighted by atomic mass is 35.5. The van der Waals surface area contributed by atoms with E-state index >= 15 is 0 Å². The second-order valence-electron chi connectivity index (χ2n) is 5.63. The summed E-state index contributed by atoms with van der Waals surface area (Å²) in [5.41, 5.74) is -0.138. The molecular formula is C16H18Cl2F3N3OS. The van der Waals surface area contributed by atoms with E-state index in [1.54, 1.807) is 11.4 Å². The Morgan fingerprint density at radius 2 is 2.08 bits per heavy atom. The van der Waals surface area contributed by atoms with Gasteiger partial charge in [-0.3, -0.25) is 4.79 Å². The van der Waals surface area contributed by atoms with Crippen molar-refractivity contribution in [2.75, 3.05) is 13.1 Å². The monoisotopic (exact) mass is 427 g/mol. The Balaban J connectivity index is 0.00000169. The van der Waals surface area contributed by atoms with Crippen LogP contribution in [0.3, 0.4) is 0 Å². The largest absolute Gasteiger partial charge is 0.416 e. The lowest BCUT2D eigenvalue weighted by Crippen LogP contribution is -2.45. The number of halogens is 5. The number of amides is 1. The Kier molecular flexibility index (Phi) is 8.33. The van der Waals surface area contributed by atoms with Crippen LogP contribution in [0.5, 0.6) is 0 Å². The van der Waals surface area contributed by atoms with E-state index in [1.807, 2.05) is 0 Å². The predicted octanol–water partition coefficient (Wildman–Crippen LogP) is 4.15. The number of thiazole rings is 1. The number of hydrogen-bond acceptors (Lipinski definition) is 4. The highest BCUT2D eigenvalue weighted by Crippen LogP contribution is 2.33. The van der Waals surface area contributed by atoms with Crippen molar-refractivity contribution >= 4 is 42.1 Å². The topological polar surface area (TPSA) is 54.0 Å². The number of carbonyl (C=O) groups is 1. The molecule has 0 radical (unpaired) electrons. The van der Waals surface area contributed by atoms with Crippen molar-refractivity contribution in [3.05, 3.63) is 40.9 Å². The van der Waals surface area contributed by atoms with Crippen molar-refractivity contribution in [3.8, 4) is 10.6 Å². The summed E-state index contributed by atoms with van der Waals surface area (Å²) in [7, 11) is 0. The average Bonchev–Trinajstić information content (AvgIpc) is 3.05. The number of aromatic nitrogens is 1. The van der Waals surface area contributed by atoms with Gasteiger partial charge in [-0.15, -0.1) is 36.2 Å². The number of carbonyl (C=O) groups excluding carboxylic acids is 1. The van der Waals surface area contributed by atoms with E-state index in [0.717, 1.165) is 49.4 Å². The van der Waals surface area contributed by atoms with Crippen LogP contribution in [-0.4, -0.2) is 30.0 Å². The molecule has 144 valence electrons. The zero-order chi connectivity index (χ0) is 17.2. The third kappa shape index (κ3) is 5.57. The Bertz CT molecular complexity index is 734. The maximum atomic E-state index is 12.8. The molecule has 1 aromatic carbocycles. The molecule has 2 aromatic rings. The van der Waals surface area contributed by atoms with Crippen molar-refractivity contribution in [1.82, 2.24) is 15.6 Å². The van der Waals surface area contributed by atoms with Gasteiger partial charge in [-0.05, 0) is 31.5 Å². The van der Waals surface area contributed by atoms with Gasteiger partial charge in [0, 0.05) is 23.5 Å². The summed E-state index contributed by atoms with van der Waals surface area (Å²) in [6.45, 7) is 1.67. The minimum Gasteiger partial charge on any atom is -0.347 e. The Morgan fingerprint density at radius 1 is 1.31 bits per heavy atom. The van der Waals surface area contributed by atoms with Crippen molar-refractivity contribution < 1.29 is 18.0 Å². The Labute approximate surface area is 165 Å². The maximum Gasteiger partial charge on any atom is 0.416 e. The summed E-state index contributed by atoms with van der Waals surface area (Å²) in [6.07, 6.45) is -2.50. The third-order valence-corrected chi connectivity index (χ3v) is 4.70. The normalized spacial score (nSPS) is 17.0. The molecule has 26 heavy (non-hydrogen) atoms. The molecule has 1 saturated heterocycles. The number of hydrogen-bond donors (Lipinski definition) is 2. The summed E-state index contributed by atoms with van der Waals surface area (Å²) in [6, 6.07) is 5.02. The van der Waals surface area contributed by atoms with Crippen LogP contribution >= 0.6 is 36.2 Å².